The van der Waals surface area contributed by atoms with Crippen molar-refractivity contribution in [2.75, 3.05) is 19.0 Å². The van der Waals surface area contributed by atoms with Crippen LogP contribution in [0.3, 0.4) is 0 Å². The van der Waals surface area contributed by atoms with E-state index in [-0.39, 0.29) is 29.7 Å². The second-order valence-electron chi connectivity index (χ2n) is 9.97. The first-order valence-electron chi connectivity index (χ1n) is 11.5. The van der Waals surface area contributed by atoms with Crippen molar-refractivity contribution in [3.63, 3.8) is 0 Å². The van der Waals surface area contributed by atoms with E-state index in [1.165, 1.54) is 25.7 Å². The van der Waals surface area contributed by atoms with E-state index in [0.717, 1.165) is 24.0 Å². The normalized spacial score (nSPS) is 19.6. The highest BCUT2D eigenvalue weighted by Gasteiger charge is 2.34. The Morgan fingerprint density at radius 2 is 1.91 bits per heavy atom. The van der Waals surface area contributed by atoms with Gasteiger partial charge in [0.15, 0.2) is 0 Å². The second-order valence-corrected chi connectivity index (χ2v) is 9.97. The molecule has 2 N–H and O–H groups in total. The molecule has 1 heterocycles. The van der Waals surface area contributed by atoms with Gasteiger partial charge in [0.1, 0.15) is 12.4 Å². The van der Waals surface area contributed by atoms with E-state index in [9.17, 15) is 14.0 Å². The Kier molecular flexibility index (Phi) is 6.59. The van der Waals surface area contributed by atoms with Gasteiger partial charge >= 0.3 is 5.97 Å². The largest absolute Gasteiger partial charge is 0.468 e. The third kappa shape index (κ3) is 5.21. The van der Waals surface area contributed by atoms with Gasteiger partial charge in [0, 0.05) is 17.3 Å². The molecule has 3 aromatic rings. The number of aromatic nitrogens is 2. The molecule has 2 aromatic carbocycles. The van der Waals surface area contributed by atoms with Crippen LogP contribution in [-0.4, -0.2) is 35.1 Å². The van der Waals surface area contributed by atoms with Crippen molar-refractivity contribution in [3.8, 4) is 0 Å². The first-order valence-corrected chi connectivity index (χ1v) is 11.5. The number of esters is 1. The number of carbonyl (C=O) groups excluding carboxylic acids is 2. The van der Waals surface area contributed by atoms with E-state index in [0.29, 0.717) is 22.9 Å². The maximum Gasteiger partial charge on any atom is 0.325 e. The third-order valence-corrected chi connectivity index (χ3v) is 6.40. The van der Waals surface area contributed by atoms with E-state index in [4.69, 9.17) is 4.98 Å². The van der Waals surface area contributed by atoms with Gasteiger partial charge in [-0.25, -0.2) is 9.37 Å². The lowest BCUT2D eigenvalue weighted by Crippen LogP contribution is -2.30. The summed E-state index contributed by atoms with van der Waals surface area (Å²) in [4.78, 5) is 28.7. The molecule has 2 atom stereocenters. The quantitative estimate of drug-likeness (QED) is 0.487. The summed E-state index contributed by atoms with van der Waals surface area (Å²) >= 11 is 0. The summed E-state index contributed by atoms with van der Waals surface area (Å²) in [7, 11) is 1.27. The number of rotatable bonds is 6. The van der Waals surface area contributed by atoms with Crippen LogP contribution < -0.4 is 10.6 Å². The lowest BCUT2D eigenvalue weighted by atomic mass is 9.70. The topological polar surface area (TPSA) is 85.2 Å². The highest BCUT2D eigenvalue weighted by atomic mass is 19.1. The van der Waals surface area contributed by atoms with Crippen LogP contribution in [0.5, 0.6) is 0 Å². The molecule has 0 bridgehead atoms. The summed E-state index contributed by atoms with van der Waals surface area (Å²) in [6, 6.07) is 11.8. The Labute approximate surface area is 198 Å². The van der Waals surface area contributed by atoms with E-state index >= 15 is 0 Å². The average Bonchev–Trinajstić information content (AvgIpc) is 3.14. The number of nitrogens with one attached hydrogen (secondary N) is 2. The maximum absolute atomic E-state index is 13.4. The van der Waals surface area contributed by atoms with Crippen LogP contribution in [0.2, 0.25) is 0 Å². The summed E-state index contributed by atoms with van der Waals surface area (Å²) in [5.41, 5.74) is 2.93. The Morgan fingerprint density at radius 3 is 2.59 bits per heavy atom. The van der Waals surface area contributed by atoms with E-state index in [1.54, 1.807) is 24.3 Å². The van der Waals surface area contributed by atoms with Crippen molar-refractivity contribution >= 4 is 34.5 Å². The monoisotopic (exact) mass is 466 g/mol. The molecule has 1 aliphatic rings. The SMILES string of the molecule is COC(=O)CNC(=O)c1ccc2c(c1)nc(Nc1ccc(F)cc1)n2[C@@H]1C[C@H](C)CC(C)(C)C1. The summed E-state index contributed by atoms with van der Waals surface area (Å²) in [5, 5.41) is 5.91. The van der Waals surface area contributed by atoms with Gasteiger partial charge in [-0.1, -0.05) is 20.8 Å². The molecular weight excluding hydrogens is 435 g/mol. The molecule has 8 heteroatoms. The smallest absolute Gasteiger partial charge is 0.325 e. The van der Waals surface area contributed by atoms with E-state index in [1.807, 2.05) is 6.07 Å². The Bertz CT molecular complexity index is 1200. The molecule has 7 nitrogen and oxygen atoms in total. The minimum atomic E-state index is -0.515. The van der Waals surface area contributed by atoms with Crippen molar-refractivity contribution in [2.24, 2.45) is 11.3 Å². The summed E-state index contributed by atoms with van der Waals surface area (Å²) in [6.45, 7) is 6.68. The van der Waals surface area contributed by atoms with E-state index < -0.39 is 5.97 Å². The minimum Gasteiger partial charge on any atom is -0.468 e. The molecule has 1 aromatic heterocycles. The number of benzene rings is 2. The van der Waals surface area contributed by atoms with Gasteiger partial charge in [0.2, 0.25) is 5.95 Å². The number of hydrogen-bond donors (Lipinski definition) is 2. The van der Waals surface area contributed by atoms with Crippen molar-refractivity contribution in [2.45, 2.75) is 46.1 Å². The highest BCUT2D eigenvalue weighted by Crippen LogP contribution is 2.46. The van der Waals surface area contributed by atoms with Crippen molar-refractivity contribution in [1.29, 1.82) is 0 Å². The molecule has 0 aliphatic heterocycles. The third-order valence-electron chi connectivity index (χ3n) is 6.40. The number of hydrogen-bond acceptors (Lipinski definition) is 5. The van der Waals surface area contributed by atoms with Crippen LogP contribution in [0.15, 0.2) is 42.5 Å². The number of amides is 1. The molecule has 4 rings (SSSR count). The zero-order valence-corrected chi connectivity index (χ0v) is 20.0. The van der Waals surface area contributed by atoms with Gasteiger partial charge in [-0.05, 0) is 73.1 Å². The fourth-order valence-electron chi connectivity index (χ4n) is 5.18. The standard InChI is InChI=1S/C26H31FN4O3/c1-16-11-20(14-26(2,3)13-16)31-22-10-5-17(24(33)28-15-23(32)34-4)12-21(22)30-25(31)29-19-8-6-18(27)7-9-19/h5-10,12,16,20H,11,13-15H2,1-4H3,(H,28,33)(H,29,30)/t16-,20+/m0/s1. The molecule has 34 heavy (non-hydrogen) atoms. The number of anilines is 2. The van der Waals surface area contributed by atoms with Crippen LogP contribution >= 0.6 is 0 Å². The molecule has 0 radical (unpaired) electrons. The highest BCUT2D eigenvalue weighted by molar-refractivity contribution is 5.99. The van der Waals surface area contributed by atoms with Crippen LogP contribution in [0, 0.1) is 17.2 Å². The minimum absolute atomic E-state index is 0.194. The van der Waals surface area contributed by atoms with Gasteiger partial charge < -0.3 is 19.9 Å². The van der Waals surface area contributed by atoms with Crippen LogP contribution in [-0.2, 0) is 9.53 Å². The molecular formula is C26H31FN4O3. The number of methoxy groups -OCH3 is 1. The van der Waals surface area contributed by atoms with Crippen molar-refractivity contribution in [3.05, 3.63) is 53.8 Å². The number of nitrogens with zero attached hydrogens (tertiary/aromatic N) is 2. The van der Waals surface area contributed by atoms with Crippen molar-refractivity contribution < 1.29 is 18.7 Å². The Hall–Kier alpha value is -3.42. The zero-order valence-electron chi connectivity index (χ0n) is 20.0. The fraction of sp³-hybridized carbons (Fsp3) is 0.423. The molecule has 180 valence electrons. The molecule has 0 saturated heterocycles. The second kappa shape index (κ2) is 9.44. The van der Waals surface area contributed by atoms with Gasteiger partial charge in [-0.3, -0.25) is 9.59 Å². The van der Waals surface area contributed by atoms with Gasteiger partial charge in [0.25, 0.3) is 5.91 Å². The Morgan fingerprint density at radius 1 is 1.18 bits per heavy atom. The maximum atomic E-state index is 13.4. The number of halogens is 1. The molecule has 0 spiro atoms. The molecule has 1 aliphatic carbocycles. The number of ether oxygens (including phenoxy) is 1. The van der Waals surface area contributed by atoms with Gasteiger partial charge in [0.05, 0.1) is 18.1 Å². The molecule has 0 unspecified atom stereocenters. The van der Waals surface area contributed by atoms with Crippen LogP contribution in [0.1, 0.15) is 56.4 Å². The average molecular weight is 467 g/mol. The fourth-order valence-corrected chi connectivity index (χ4v) is 5.18. The lowest BCUT2D eigenvalue weighted by molar-refractivity contribution is -0.139. The summed E-state index contributed by atoms with van der Waals surface area (Å²) in [5.74, 6) is 0.0298. The van der Waals surface area contributed by atoms with Crippen LogP contribution in [0.25, 0.3) is 11.0 Å². The summed E-state index contributed by atoms with van der Waals surface area (Å²) in [6.07, 6.45) is 3.19. The molecule has 1 fully saturated rings. The van der Waals surface area contributed by atoms with E-state index in [2.05, 4.69) is 40.7 Å². The molecule has 1 saturated carbocycles. The predicted octanol–water partition coefficient (Wildman–Crippen LogP) is 5.21. The molecule has 1 amide bonds. The van der Waals surface area contributed by atoms with Gasteiger partial charge in [-0.2, -0.15) is 0 Å². The Balaban J connectivity index is 1.73. The first kappa shape index (κ1) is 23.7. The number of carbonyl (C=O) groups is 2. The number of imidazole rings is 1. The van der Waals surface area contributed by atoms with Gasteiger partial charge in [-0.15, -0.1) is 0 Å². The zero-order chi connectivity index (χ0) is 24.5. The van der Waals surface area contributed by atoms with Crippen molar-refractivity contribution in [1.82, 2.24) is 14.9 Å². The summed E-state index contributed by atoms with van der Waals surface area (Å²) < 4.78 is 20.2. The lowest BCUT2D eigenvalue weighted by Gasteiger charge is -2.40. The number of fused-ring (bicyclic) bond motifs is 1. The first-order chi connectivity index (χ1) is 16.1. The predicted molar refractivity (Wildman–Crippen MR) is 130 cm³/mol. The van der Waals surface area contributed by atoms with Crippen LogP contribution in [0.4, 0.5) is 16.0 Å².